The predicted octanol–water partition coefficient (Wildman–Crippen LogP) is 4.44. The van der Waals surface area contributed by atoms with E-state index in [1.54, 1.807) is 24.4 Å². The summed E-state index contributed by atoms with van der Waals surface area (Å²) in [5.74, 6) is -0.231. The van der Waals surface area contributed by atoms with Gasteiger partial charge in [0.05, 0.1) is 11.2 Å². The molecule has 35 heavy (non-hydrogen) atoms. The van der Waals surface area contributed by atoms with E-state index in [1.807, 2.05) is 25.1 Å². The lowest BCUT2D eigenvalue weighted by molar-refractivity contribution is 0.102. The minimum atomic E-state index is -0.231. The number of carbonyl (C=O) groups is 1. The number of amides is 1. The summed E-state index contributed by atoms with van der Waals surface area (Å²) >= 11 is 0. The topological polar surface area (TPSA) is 77.1 Å². The van der Waals surface area contributed by atoms with Crippen LogP contribution in [0, 0.1) is 6.92 Å². The second kappa shape index (κ2) is 10.2. The Morgan fingerprint density at radius 2 is 1.91 bits per heavy atom. The van der Waals surface area contributed by atoms with E-state index in [9.17, 15) is 4.79 Å². The maximum Gasteiger partial charge on any atom is 0.274 e. The van der Waals surface area contributed by atoms with E-state index >= 15 is 0 Å². The summed E-state index contributed by atoms with van der Waals surface area (Å²) < 4.78 is 0. The molecule has 2 aromatic heterocycles. The number of H-pyrrole nitrogens is 1. The monoisotopic (exact) mass is 466 g/mol. The molecule has 0 saturated carbocycles. The van der Waals surface area contributed by atoms with Crippen molar-refractivity contribution in [3.05, 3.63) is 88.9 Å². The number of pyridine rings is 1. The zero-order valence-corrected chi connectivity index (χ0v) is 20.2. The number of aryl methyl sites for hydroxylation is 1. The van der Waals surface area contributed by atoms with Gasteiger partial charge in [-0.1, -0.05) is 36.4 Å². The molecule has 2 aromatic carbocycles. The maximum absolute atomic E-state index is 12.6. The number of rotatable bonds is 6. The molecule has 1 saturated heterocycles. The number of likely N-dealkylation sites (N-methyl/N-ethyl adjacent to an activating group) is 1. The maximum atomic E-state index is 12.6. The third kappa shape index (κ3) is 5.31. The Morgan fingerprint density at radius 3 is 2.71 bits per heavy atom. The van der Waals surface area contributed by atoms with Crippen molar-refractivity contribution >= 4 is 34.6 Å². The zero-order chi connectivity index (χ0) is 24.2. The number of fused-ring (bicyclic) bond motifs is 1. The lowest BCUT2D eigenvalue weighted by atomic mass is 10.0. The van der Waals surface area contributed by atoms with Crippen LogP contribution in [0.1, 0.15) is 32.9 Å². The molecule has 0 atom stereocenters. The van der Waals surface area contributed by atoms with Gasteiger partial charge in [0.2, 0.25) is 0 Å². The van der Waals surface area contributed by atoms with E-state index in [4.69, 9.17) is 0 Å². The number of aromatic amines is 1. The molecule has 0 radical (unpaired) electrons. The van der Waals surface area contributed by atoms with Crippen molar-refractivity contribution in [2.45, 2.75) is 13.5 Å². The van der Waals surface area contributed by atoms with Gasteiger partial charge in [-0.15, -0.1) is 0 Å². The number of hydrogen-bond acceptors (Lipinski definition) is 5. The Balaban J connectivity index is 1.34. The van der Waals surface area contributed by atoms with Crippen LogP contribution in [0.15, 0.2) is 60.8 Å². The standard InChI is InChI=1S/C28H30N6O/c1-20-23(30-28(35)26-8-3-4-13-29-26)11-12-25-27(20)24(31-32-25)10-9-21-6-5-7-22(18-21)19-34-16-14-33(2)15-17-34/h3-13,18H,14-17,19H2,1-2H3,(H,30,35)(H,31,32)/b10-9+. The summed E-state index contributed by atoms with van der Waals surface area (Å²) in [5.41, 5.74) is 6.33. The van der Waals surface area contributed by atoms with Crippen molar-refractivity contribution in [1.82, 2.24) is 25.0 Å². The van der Waals surface area contributed by atoms with Crippen molar-refractivity contribution < 1.29 is 4.79 Å². The SMILES string of the molecule is Cc1c(NC(=O)c2ccccn2)ccc2[nH]nc(/C=C/c3cccc(CN4CCN(C)CC4)c3)c12. The van der Waals surface area contributed by atoms with Crippen LogP contribution < -0.4 is 5.32 Å². The van der Waals surface area contributed by atoms with Gasteiger partial charge < -0.3 is 10.2 Å². The van der Waals surface area contributed by atoms with Crippen molar-refractivity contribution in [3.8, 4) is 0 Å². The second-order valence-corrected chi connectivity index (χ2v) is 9.10. The summed E-state index contributed by atoms with van der Waals surface area (Å²) in [4.78, 5) is 21.6. The number of aromatic nitrogens is 3. The fourth-order valence-corrected chi connectivity index (χ4v) is 4.49. The molecular formula is C28H30N6O. The number of nitrogens with zero attached hydrogens (tertiary/aromatic N) is 4. The summed E-state index contributed by atoms with van der Waals surface area (Å²) in [6.45, 7) is 7.42. The first-order valence-electron chi connectivity index (χ1n) is 11.9. The van der Waals surface area contributed by atoms with E-state index in [0.29, 0.717) is 5.69 Å². The average Bonchev–Trinajstić information content (AvgIpc) is 3.30. The summed E-state index contributed by atoms with van der Waals surface area (Å²) in [6, 6.07) is 17.8. The molecule has 0 bridgehead atoms. The van der Waals surface area contributed by atoms with Crippen LogP contribution in [-0.2, 0) is 6.54 Å². The second-order valence-electron chi connectivity index (χ2n) is 9.10. The normalized spacial score (nSPS) is 15.1. The summed E-state index contributed by atoms with van der Waals surface area (Å²) in [7, 11) is 2.18. The Morgan fingerprint density at radius 1 is 1.06 bits per heavy atom. The van der Waals surface area contributed by atoms with Crippen molar-refractivity contribution in [3.63, 3.8) is 0 Å². The molecular weight excluding hydrogens is 436 g/mol. The molecule has 1 aliphatic heterocycles. The van der Waals surface area contributed by atoms with Crippen molar-refractivity contribution in [1.29, 1.82) is 0 Å². The quantitative estimate of drug-likeness (QED) is 0.439. The van der Waals surface area contributed by atoms with Gasteiger partial charge in [0.15, 0.2) is 0 Å². The number of benzene rings is 2. The summed E-state index contributed by atoms with van der Waals surface area (Å²) in [6.07, 6.45) is 5.75. The molecule has 178 valence electrons. The number of carbonyl (C=O) groups excluding carboxylic acids is 1. The highest BCUT2D eigenvalue weighted by molar-refractivity contribution is 6.05. The molecule has 4 aromatic rings. The van der Waals surface area contributed by atoms with Gasteiger partial charge in [-0.3, -0.25) is 19.8 Å². The van der Waals surface area contributed by atoms with Crippen LogP contribution in [0.5, 0.6) is 0 Å². The molecule has 1 aliphatic rings. The number of nitrogens with one attached hydrogen (secondary N) is 2. The lowest BCUT2D eigenvalue weighted by Gasteiger charge is -2.32. The highest BCUT2D eigenvalue weighted by Crippen LogP contribution is 2.28. The van der Waals surface area contributed by atoms with E-state index in [-0.39, 0.29) is 5.91 Å². The molecule has 0 unspecified atom stereocenters. The minimum absolute atomic E-state index is 0.231. The molecule has 3 heterocycles. The molecule has 0 aliphatic carbocycles. The van der Waals surface area contributed by atoms with Gasteiger partial charge >= 0.3 is 0 Å². The van der Waals surface area contributed by atoms with Crippen LogP contribution in [0.3, 0.4) is 0 Å². The Labute approximate surface area is 205 Å². The van der Waals surface area contributed by atoms with Gasteiger partial charge in [-0.25, -0.2) is 0 Å². The largest absolute Gasteiger partial charge is 0.320 e. The zero-order valence-electron chi connectivity index (χ0n) is 20.2. The Bertz CT molecular complexity index is 1350. The van der Waals surface area contributed by atoms with Gasteiger partial charge in [-0.05, 0) is 61.0 Å². The number of piperazine rings is 1. The van der Waals surface area contributed by atoms with Gasteiger partial charge in [0, 0.05) is 50.0 Å². The fraction of sp³-hybridized carbons (Fsp3) is 0.250. The summed E-state index contributed by atoms with van der Waals surface area (Å²) in [5, 5.41) is 11.6. The average molecular weight is 467 g/mol. The lowest BCUT2D eigenvalue weighted by Crippen LogP contribution is -2.43. The van der Waals surface area contributed by atoms with Crippen molar-refractivity contribution in [2.75, 3.05) is 38.5 Å². The van der Waals surface area contributed by atoms with E-state index < -0.39 is 0 Å². The molecule has 5 rings (SSSR count). The minimum Gasteiger partial charge on any atom is -0.320 e. The van der Waals surface area contributed by atoms with Crippen LogP contribution in [0.4, 0.5) is 5.69 Å². The first-order valence-corrected chi connectivity index (χ1v) is 11.9. The van der Waals surface area contributed by atoms with Gasteiger partial charge in [-0.2, -0.15) is 5.10 Å². The molecule has 0 spiro atoms. The first kappa shape index (κ1) is 23.0. The van der Waals surface area contributed by atoms with E-state index in [2.05, 4.69) is 67.7 Å². The van der Waals surface area contributed by atoms with Crippen molar-refractivity contribution in [2.24, 2.45) is 0 Å². The highest BCUT2D eigenvalue weighted by atomic mass is 16.1. The first-order chi connectivity index (χ1) is 17.1. The van der Waals surface area contributed by atoms with Crippen LogP contribution in [0.25, 0.3) is 23.1 Å². The predicted molar refractivity (Wildman–Crippen MR) is 141 cm³/mol. The fourth-order valence-electron chi connectivity index (χ4n) is 4.49. The smallest absolute Gasteiger partial charge is 0.274 e. The highest BCUT2D eigenvalue weighted by Gasteiger charge is 2.15. The van der Waals surface area contributed by atoms with Gasteiger partial charge in [0.1, 0.15) is 5.69 Å². The number of hydrogen-bond donors (Lipinski definition) is 2. The molecule has 7 nitrogen and oxygen atoms in total. The van der Waals surface area contributed by atoms with Crippen LogP contribution >= 0.6 is 0 Å². The Kier molecular flexibility index (Phi) is 6.70. The van der Waals surface area contributed by atoms with Crippen LogP contribution in [-0.4, -0.2) is 64.1 Å². The molecule has 1 fully saturated rings. The third-order valence-corrected chi connectivity index (χ3v) is 6.55. The number of anilines is 1. The molecule has 7 heteroatoms. The Hall–Kier alpha value is -3.81. The molecule has 1 amide bonds. The third-order valence-electron chi connectivity index (χ3n) is 6.55. The van der Waals surface area contributed by atoms with E-state index in [1.165, 1.54) is 5.56 Å². The van der Waals surface area contributed by atoms with Crippen LogP contribution in [0.2, 0.25) is 0 Å². The molecule has 2 N–H and O–H groups in total. The van der Waals surface area contributed by atoms with Gasteiger partial charge in [0.25, 0.3) is 5.91 Å². The van der Waals surface area contributed by atoms with E-state index in [0.717, 1.165) is 66.1 Å².